The number of benzene rings is 1. The second kappa shape index (κ2) is 7.62. The lowest BCUT2D eigenvalue weighted by molar-refractivity contribution is 0.00688. The van der Waals surface area contributed by atoms with Crippen molar-refractivity contribution in [1.29, 1.82) is 5.26 Å². The normalized spacial score (nSPS) is 20.1. The Morgan fingerprint density at radius 1 is 1.28 bits per heavy atom. The monoisotopic (exact) mass is 339 g/mol. The minimum atomic E-state index is -0.359. The molecule has 132 valence electrons. The van der Waals surface area contributed by atoms with Crippen molar-refractivity contribution >= 4 is 5.69 Å². The fourth-order valence-corrected chi connectivity index (χ4v) is 3.29. The fraction of sp³-hybridized carbons (Fsp3) is 0.450. The molecule has 2 unspecified atom stereocenters. The molecule has 5 nitrogen and oxygen atoms in total. The van der Waals surface area contributed by atoms with Crippen LogP contribution in [0.4, 0.5) is 5.69 Å². The van der Waals surface area contributed by atoms with E-state index >= 15 is 0 Å². The van der Waals surface area contributed by atoms with Gasteiger partial charge in [-0.05, 0) is 62.1 Å². The average Bonchev–Trinajstić information content (AvgIpc) is 2.91. The van der Waals surface area contributed by atoms with Crippen molar-refractivity contribution in [2.24, 2.45) is 7.05 Å². The first-order chi connectivity index (χ1) is 12.1. The first kappa shape index (κ1) is 17.4. The zero-order chi connectivity index (χ0) is 17.8. The van der Waals surface area contributed by atoms with Crippen molar-refractivity contribution < 1.29 is 9.84 Å². The summed E-state index contributed by atoms with van der Waals surface area (Å²) in [6.45, 7) is 2.69. The van der Waals surface area contributed by atoms with Crippen molar-refractivity contribution in [1.82, 2.24) is 4.57 Å². The maximum atomic E-state index is 10.0. The second-order valence-corrected chi connectivity index (χ2v) is 6.70. The molecule has 1 aliphatic rings. The zero-order valence-corrected chi connectivity index (χ0v) is 14.8. The number of nitrogens with zero attached hydrogens (tertiary/aromatic N) is 2. The topological polar surface area (TPSA) is 70.2 Å². The van der Waals surface area contributed by atoms with Gasteiger partial charge >= 0.3 is 0 Å². The van der Waals surface area contributed by atoms with Gasteiger partial charge in [0.25, 0.3) is 0 Å². The molecule has 0 bridgehead atoms. The van der Waals surface area contributed by atoms with Gasteiger partial charge in [0.05, 0.1) is 6.10 Å². The minimum absolute atomic E-state index is 0.0936. The molecule has 0 saturated heterocycles. The van der Waals surface area contributed by atoms with Crippen LogP contribution in [0, 0.1) is 18.3 Å². The molecule has 1 saturated carbocycles. The number of ether oxygens (including phenoxy) is 1. The van der Waals surface area contributed by atoms with Crippen molar-refractivity contribution in [2.75, 3.05) is 5.32 Å². The third-order valence-corrected chi connectivity index (χ3v) is 5.05. The number of nitriles is 1. The van der Waals surface area contributed by atoms with Crippen LogP contribution in [-0.2, 0) is 13.6 Å². The van der Waals surface area contributed by atoms with Gasteiger partial charge in [0, 0.05) is 25.0 Å². The van der Waals surface area contributed by atoms with Crippen LogP contribution in [0.15, 0.2) is 30.3 Å². The highest BCUT2D eigenvalue weighted by atomic mass is 16.5. The molecular formula is C20H25N3O2. The zero-order valence-electron chi connectivity index (χ0n) is 14.8. The Kier molecular flexibility index (Phi) is 5.30. The largest absolute Gasteiger partial charge is 0.488 e. The molecule has 1 fully saturated rings. The number of aromatic nitrogens is 1. The Bertz CT molecular complexity index is 758. The van der Waals surface area contributed by atoms with Crippen LogP contribution in [0.2, 0.25) is 0 Å². The Morgan fingerprint density at radius 2 is 2.00 bits per heavy atom. The lowest BCUT2D eigenvalue weighted by atomic mass is 9.95. The van der Waals surface area contributed by atoms with E-state index in [0.29, 0.717) is 12.2 Å². The molecule has 0 spiro atoms. The van der Waals surface area contributed by atoms with E-state index in [9.17, 15) is 5.11 Å². The summed E-state index contributed by atoms with van der Waals surface area (Å²) in [6.07, 6.45) is 3.48. The van der Waals surface area contributed by atoms with Gasteiger partial charge in [0.2, 0.25) is 0 Å². The summed E-state index contributed by atoms with van der Waals surface area (Å²) in [7, 11) is 1.91. The molecule has 1 aromatic heterocycles. The molecule has 1 heterocycles. The number of nitrogens with one attached hydrogen (secondary N) is 1. The lowest BCUT2D eigenvalue weighted by Crippen LogP contribution is -2.34. The van der Waals surface area contributed by atoms with Gasteiger partial charge in [-0.3, -0.25) is 0 Å². The summed E-state index contributed by atoms with van der Waals surface area (Å²) >= 11 is 0. The highest BCUT2D eigenvalue weighted by Crippen LogP contribution is 2.25. The van der Waals surface area contributed by atoms with E-state index in [1.54, 1.807) is 0 Å². The second-order valence-electron chi connectivity index (χ2n) is 6.70. The molecule has 3 rings (SSSR count). The Balaban J connectivity index is 1.58. The molecule has 2 N–H and O–H groups in total. The number of rotatable bonds is 5. The highest BCUT2D eigenvalue weighted by molar-refractivity contribution is 5.47. The number of aliphatic hydroxyl groups is 1. The lowest BCUT2D eigenvalue weighted by Gasteiger charge is -2.28. The molecule has 5 heteroatoms. The number of hydrogen-bond acceptors (Lipinski definition) is 4. The van der Waals surface area contributed by atoms with E-state index < -0.39 is 0 Å². The predicted molar refractivity (Wildman–Crippen MR) is 97.5 cm³/mol. The molecule has 0 radical (unpaired) electrons. The average molecular weight is 339 g/mol. The summed E-state index contributed by atoms with van der Waals surface area (Å²) in [5.41, 5.74) is 3.88. The van der Waals surface area contributed by atoms with Crippen LogP contribution in [0.25, 0.3) is 0 Å². The molecule has 2 atom stereocenters. The molecular weight excluding hydrogens is 314 g/mol. The molecule has 25 heavy (non-hydrogen) atoms. The van der Waals surface area contributed by atoms with Crippen molar-refractivity contribution in [3.63, 3.8) is 0 Å². The van der Waals surface area contributed by atoms with Gasteiger partial charge in [-0.1, -0.05) is 6.42 Å². The Hall–Kier alpha value is -2.45. The summed E-state index contributed by atoms with van der Waals surface area (Å²) in [4.78, 5) is 0. The van der Waals surface area contributed by atoms with E-state index in [0.717, 1.165) is 48.4 Å². The smallest absolute Gasteiger partial charge is 0.124 e. The summed E-state index contributed by atoms with van der Waals surface area (Å²) in [6, 6.07) is 11.9. The van der Waals surface area contributed by atoms with Crippen LogP contribution in [0.3, 0.4) is 0 Å². The van der Waals surface area contributed by atoms with Crippen molar-refractivity contribution in [3.8, 4) is 11.8 Å². The summed E-state index contributed by atoms with van der Waals surface area (Å²) in [5, 5.41) is 22.5. The van der Waals surface area contributed by atoms with Gasteiger partial charge in [-0.15, -0.1) is 0 Å². The van der Waals surface area contributed by atoms with Crippen LogP contribution in [-0.4, -0.2) is 21.9 Å². The third kappa shape index (κ3) is 3.97. The quantitative estimate of drug-likeness (QED) is 0.875. The fourth-order valence-electron chi connectivity index (χ4n) is 3.29. The maximum absolute atomic E-state index is 10.0. The van der Waals surface area contributed by atoms with Crippen molar-refractivity contribution in [3.05, 3.63) is 47.3 Å². The summed E-state index contributed by atoms with van der Waals surface area (Å²) in [5.74, 6) is 0.791. The molecule has 0 amide bonds. The molecule has 2 aromatic rings. The van der Waals surface area contributed by atoms with Crippen LogP contribution in [0.1, 0.15) is 42.6 Å². The van der Waals surface area contributed by atoms with Crippen LogP contribution in [0.5, 0.6) is 5.75 Å². The van der Waals surface area contributed by atoms with E-state index in [4.69, 9.17) is 10.00 Å². The minimum Gasteiger partial charge on any atom is -0.488 e. The number of aliphatic hydroxyl groups excluding tert-OH is 1. The SMILES string of the molecule is Cc1c(CNc2ccc(OC3CCCCC3O)cc2)cc(C#N)n1C. The first-order valence-electron chi connectivity index (χ1n) is 8.82. The first-order valence-corrected chi connectivity index (χ1v) is 8.82. The van der Waals surface area contributed by atoms with E-state index in [1.165, 1.54) is 0 Å². The highest BCUT2D eigenvalue weighted by Gasteiger charge is 2.24. The predicted octanol–water partition coefficient (Wildman–Crippen LogP) is 3.50. The molecule has 1 aliphatic carbocycles. The van der Waals surface area contributed by atoms with E-state index in [2.05, 4.69) is 11.4 Å². The van der Waals surface area contributed by atoms with Crippen LogP contribution >= 0.6 is 0 Å². The van der Waals surface area contributed by atoms with Gasteiger partial charge < -0.3 is 19.7 Å². The third-order valence-electron chi connectivity index (χ3n) is 5.05. The van der Waals surface area contributed by atoms with Gasteiger partial charge in [-0.25, -0.2) is 0 Å². The van der Waals surface area contributed by atoms with Gasteiger partial charge in [0.1, 0.15) is 23.6 Å². The number of anilines is 1. The maximum Gasteiger partial charge on any atom is 0.124 e. The molecule has 0 aliphatic heterocycles. The Morgan fingerprint density at radius 3 is 2.64 bits per heavy atom. The van der Waals surface area contributed by atoms with Gasteiger partial charge in [-0.2, -0.15) is 5.26 Å². The Labute approximate surface area is 148 Å². The number of hydrogen-bond donors (Lipinski definition) is 2. The van der Waals surface area contributed by atoms with Gasteiger partial charge in [0.15, 0.2) is 0 Å². The molecule has 1 aromatic carbocycles. The van der Waals surface area contributed by atoms with E-state index in [-0.39, 0.29) is 12.2 Å². The van der Waals surface area contributed by atoms with E-state index in [1.807, 2.05) is 48.9 Å². The van der Waals surface area contributed by atoms with Crippen molar-refractivity contribution in [2.45, 2.75) is 51.4 Å². The summed E-state index contributed by atoms with van der Waals surface area (Å²) < 4.78 is 7.83. The van der Waals surface area contributed by atoms with Crippen LogP contribution < -0.4 is 10.1 Å². The standard InChI is InChI=1S/C20H25N3O2/c1-14-15(11-17(12-21)23(14)2)13-22-16-7-9-18(10-8-16)25-20-6-4-3-5-19(20)24/h7-11,19-20,22,24H,3-6,13H2,1-2H3.